The van der Waals surface area contributed by atoms with E-state index in [0.717, 1.165) is 6.54 Å². The van der Waals surface area contributed by atoms with Crippen molar-refractivity contribution >= 4 is 10.0 Å². The molecule has 2 atom stereocenters. The van der Waals surface area contributed by atoms with Crippen molar-refractivity contribution in [3.8, 4) is 0 Å². The summed E-state index contributed by atoms with van der Waals surface area (Å²) in [5.41, 5.74) is 0. The molecule has 0 spiro atoms. The Morgan fingerprint density at radius 2 is 2.06 bits per heavy atom. The Balaban J connectivity index is 2.35. The lowest BCUT2D eigenvalue weighted by Gasteiger charge is -2.28. The van der Waals surface area contributed by atoms with Crippen LogP contribution in [-0.2, 0) is 10.0 Å². The SMILES string of the molecule is C[C@H]1C[C@@H](NS(=O)(=O)CCCC(F)(F)F)CCN1. The molecule has 0 aromatic heterocycles. The second kappa shape index (κ2) is 6.21. The maximum atomic E-state index is 11.9. The van der Waals surface area contributed by atoms with E-state index in [-0.39, 0.29) is 18.5 Å². The Morgan fingerprint density at radius 3 is 2.61 bits per heavy atom. The lowest BCUT2D eigenvalue weighted by molar-refractivity contribution is -0.134. The maximum Gasteiger partial charge on any atom is 0.389 e. The summed E-state index contributed by atoms with van der Waals surface area (Å²) >= 11 is 0. The number of sulfonamides is 1. The molecule has 0 aromatic rings. The molecule has 0 radical (unpaired) electrons. The van der Waals surface area contributed by atoms with Crippen LogP contribution >= 0.6 is 0 Å². The molecule has 1 saturated heterocycles. The first-order chi connectivity index (χ1) is 8.18. The highest BCUT2D eigenvalue weighted by Gasteiger charge is 2.28. The Bertz CT molecular complexity index is 357. The average molecular weight is 288 g/mol. The summed E-state index contributed by atoms with van der Waals surface area (Å²) in [5.74, 6) is -0.467. The third-order valence-electron chi connectivity index (χ3n) is 2.84. The van der Waals surface area contributed by atoms with E-state index in [1.807, 2.05) is 6.92 Å². The van der Waals surface area contributed by atoms with E-state index in [1.165, 1.54) is 0 Å². The van der Waals surface area contributed by atoms with Crippen LogP contribution in [0.2, 0.25) is 0 Å². The lowest BCUT2D eigenvalue weighted by atomic mass is 10.0. The second-order valence-corrected chi connectivity index (χ2v) is 6.61. The van der Waals surface area contributed by atoms with Crippen molar-refractivity contribution in [3.63, 3.8) is 0 Å². The van der Waals surface area contributed by atoms with E-state index in [1.54, 1.807) is 0 Å². The van der Waals surface area contributed by atoms with Crippen molar-refractivity contribution in [1.82, 2.24) is 10.0 Å². The Labute approximate surface area is 105 Å². The fourth-order valence-corrected chi connectivity index (χ4v) is 3.38. The highest BCUT2D eigenvalue weighted by Crippen LogP contribution is 2.21. The molecule has 1 aliphatic heterocycles. The predicted octanol–water partition coefficient (Wildman–Crippen LogP) is 1.39. The molecule has 0 aliphatic carbocycles. The molecule has 18 heavy (non-hydrogen) atoms. The number of piperidine rings is 1. The van der Waals surface area contributed by atoms with Gasteiger partial charge in [-0.2, -0.15) is 13.2 Å². The van der Waals surface area contributed by atoms with Crippen molar-refractivity contribution in [3.05, 3.63) is 0 Å². The van der Waals surface area contributed by atoms with Gasteiger partial charge in [-0.1, -0.05) is 0 Å². The van der Waals surface area contributed by atoms with Crippen LogP contribution in [0, 0.1) is 0 Å². The van der Waals surface area contributed by atoms with E-state index in [4.69, 9.17) is 0 Å². The van der Waals surface area contributed by atoms with Gasteiger partial charge in [0.05, 0.1) is 5.75 Å². The van der Waals surface area contributed by atoms with Crippen molar-refractivity contribution in [2.45, 2.75) is 50.9 Å². The van der Waals surface area contributed by atoms with Gasteiger partial charge in [0.15, 0.2) is 0 Å². The molecule has 1 aliphatic rings. The minimum atomic E-state index is -4.29. The van der Waals surface area contributed by atoms with Gasteiger partial charge < -0.3 is 5.32 Å². The van der Waals surface area contributed by atoms with E-state index in [9.17, 15) is 21.6 Å². The zero-order valence-electron chi connectivity index (χ0n) is 10.3. The summed E-state index contributed by atoms with van der Waals surface area (Å²) in [6, 6.07) is 0.0544. The molecule has 1 fully saturated rings. The Morgan fingerprint density at radius 1 is 1.39 bits per heavy atom. The lowest BCUT2D eigenvalue weighted by Crippen LogP contribution is -2.47. The smallest absolute Gasteiger partial charge is 0.314 e. The van der Waals surface area contributed by atoms with Gasteiger partial charge in [-0.3, -0.25) is 0 Å². The highest BCUT2D eigenvalue weighted by atomic mass is 32.2. The molecule has 4 nitrogen and oxygen atoms in total. The van der Waals surface area contributed by atoms with Crippen molar-refractivity contribution in [2.75, 3.05) is 12.3 Å². The molecule has 8 heteroatoms. The van der Waals surface area contributed by atoms with Crippen molar-refractivity contribution < 1.29 is 21.6 Å². The number of alkyl halides is 3. The Hall–Kier alpha value is -0.340. The number of hydrogen-bond acceptors (Lipinski definition) is 3. The summed E-state index contributed by atoms with van der Waals surface area (Å²) in [6.45, 7) is 2.67. The van der Waals surface area contributed by atoms with Gasteiger partial charge in [-0.15, -0.1) is 0 Å². The zero-order chi connectivity index (χ0) is 13.8. The first-order valence-corrected chi connectivity index (χ1v) is 7.63. The fraction of sp³-hybridized carbons (Fsp3) is 1.00. The van der Waals surface area contributed by atoms with Crippen LogP contribution in [-0.4, -0.2) is 39.0 Å². The van der Waals surface area contributed by atoms with Crippen molar-refractivity contribution in [1.29, 1.82) is 0 Å². The largest absolute Gasteiger partial charge is 0.389 e. The standard InChI is InChI=1S/C10H19F3N2O2S/c1-8-7-9(3-5-14-8)15-18(16,17)6-2-4-10(11,12)13/h8-9,14-15H,2-7H2,1H3/t8-,9-/m0/s1. The van der Waals surface area contributed by atoms with Gasteiger partial charge in [-0.05, 0) is 32.7 Å². The molecule has 0 aromatic carbocycles. The maximum absolute atomic E-state index is 11.9. The molecule has 0 saturated carbocycles. The van der Waals surface area contributed by atoms with Gasteiger partial charge in [-0.25, -0.2) is 13.1 Å². The van der Waals surface area contributed by atoms with Gasteiger partial charge >= 0.3 is 6.18 Å². The molecule has 2 N–H and O–H groups in total. The average Bonchev–Trinajstić information content (AvgIpc) is 2.13. The number of hydrogen-bond donors (Lipinski definition) is 2. The minimum Gasteiger partial charge on any atom is -0.314 e. The summed E-state index contributed by atoms with van der Waals surface area (Å²) < 4.78 is 61.4. The van der Waals surface area contributed by atoms with Crippen LogP contribution in [0.15, 0.2) is 0 Å². The van der Waals surface area contributed by atoms with E-state index in [2.05, 4.69) is 10.0 Å². The molecule has 0 bridgehead atoms. The molecule has 1 heterocycles. The topological polar surface area (TPSA) is 58.2 Å². The normalized spacial score (nSPS) is 26.2. The van der Waals surface area contributed by atoms with Crippen LogP contribution < -0.4 is 10.0 Å². The van der Waals surface area contributed by atoms with Gasteiger partial charge in [0.1, 0.15) is 0 Å². The van der Waals surface area contributed by atoms with Gasteiger partial charge in [0, 0.05) is 18.5 Å². The molecule has 108 valence electrons. The summed E-state index contributed by atoms with van der Waals surface area (Å²) in [6.07, 6.45) is -4.41. The molecular formula is C10H19F3N2O2S. The van der Waals surface area contributed by atoms with Crippen LogP contribution in [0.1, 0.15) is 32.6 Å². The van der Waals surface area contributed by atoms with Crippen LogP contribution in [0.3, 0.4) is 0 Å². The summed E-state index contributed by atoms with van der Waals surface area (Å²) in [4.78, 5) is 0. The monoisotopic (exact) mass is 288 g/mol. The molecule has 0 unspecified atom stereocenters. The van der Waals surface area contributed by atoms with Crippen molar-refractivity contribution in [2.24, 2.45) is 0 Å². The van der Waals surface area contributed by atoms with E-state index >= 15 is 0 Å². The first-order valence-electron chi connectivity index (χ1n) is 5.98. The molecule has 0 amide bonds. The first kappa shape index (κ1) is 15.7. The number of nitrogens with one attached hydrogen (secondary N) is 2. The minimum absolute atomic E-state index is 0.169. The van der Waals surface area contributed by atoms with Crippen LogP contribution in [0.4, 0.5) is 13.2 Å². The summed E-state index contributed by atoms with van der Waals surface area (Å²) in [5, 5.41) is 3.18. The quantitative estimate of drug-likeness (QED) is 0.804. The number of rotatable bonds is 5. The molecular weight excluding hydrogens is 269 g/mol. The Kier molecular flexibility index (Phi) is 5.42. The van der Waals surface area contributed by atoms with Crippen LogP contribution in [0.25, 0.3) is 0 Å². The number of halogens is 3. The third-order valence-corrected chi connectivity index (χ3v) is 4.36. The second-order valence-electron chi connectivity index (χ2n) is 4.73. The van der Waals surface area contributed by atoms with E-state index < -0.39 is 28.4 Å². The molecule has 1 rings (SSSR count). The summed E-state index contributed by atoms with van der Waals surface area (Å²) in [7, 11) is -3.60. The zero-order valence-corrected chi connectivity index (χ0v) is 11.1. The van der Waals surface area contributed by atoms with E-state index in [0.29, 0.717) is 12.8 Å². The fourth-order valence-electron chi connectivity index (χ4n) is 2.01. The predicted molar refractivity (Wildman–Crippen MR) is 62.7 cm³/mol. The van der Waals surface area contributed by atoms with Crippen LogP contribution in [0.5, 0.6) is 0 Å². The highest BCUT2D eigenvalue weighted by molar-refractivity contribution is 7.89. The third kappa shape index (κ3) is 6.55. The van der Waals surface area contributed by atoms with Gasteiger partial charge in [0.2, 0.25) is 10.0 Å². The van der Waals surface area contributed by atoms with Gasteiger partial charge in [0.25, 0.3) is 0 Å².